The van der Waals surface area contributed by atoms with Crippen LogP contribution in [0.4, 0.5) is 21.9 Å². The van der Waals surface area contributed by atoms with Crippen molar-refractivity contribution in [3.63, 3.8) is 0 Å². The highest BCUT2D eigenvalue weighted by Gasteiger charge is 2.29. The van der Waals surface area contributed by atoms with Crippen LogP contribution in [0.25, 0.3) is 0 Å². The Balaban J connectivity index is 1.28. The van der Waals surface area contributed by atoms with Crippen LogP contribution in [0.3, 0.4) is 0 Å². The fourth-order valence-electron chi connectivity index (χ4n) is 3.67. The lowest BCUT2D eigenvalue weighted by molar-refractivity contribution is -0.384. The number of urea groups is 1. The molecule has 3 amide bonds. The Morgan fingerprint density at radius 3 is 2.48 bits per heavy atom. The van der Waals surface area contributed by atoms with Gasteiger partial charge in [-0.05, 0) is 36.6 Å². The van der Waals surface area contributed by atoms with Crippen molar-refractivity contribution in [2.24, 2.45) is 5.92 Å². The van der Waals surface area contributed by atoms with Gasteiger partial charge in [0.15, 0.2) is 0 Å². The van der Waals surface area contributed by atoms with Gasteiger partial charge in [0.1, 0.15) is 5.69 Å². The Kier molecular flexibility index (Phi) is 6.01. The lowest BCUT2D eigenvalue weighted by Gasteiger charge is -2.35. The van der Waals surface area contributed by atoms with Crippen LogP contribution in [0.2, 0.25) is 0 Å². The first kappa shape index (κ1) is 20.6. The summed E-state index contributed by atoms with van der Waals surface area (Å²) in [6.07, 6.45) is 1.90. The molecule has 0 unspecified atom stereocenters. The highest BCUT2D eigenvalue weighted by Crippen LogP contribution is 2.30. The molecule has 2 fully saturated rings. The van der Waals surface area contributed by atoms with Crippen molar-refractivity contribution >= 4 is 29.0 Å². The van der Waals surface area contributed by atoms with E-state index in [1.165, 1.54) is 6.07 Å². The molecular weight excluding hydrogens is 398 g/mol. The first-order valence-electron chi connectivity index (χ1n) is 10.4. The molecule has 0 bridgehead atoms. The number of nitro benzene ring substituents is 1. The summed E-state index contributed by atoms with van der Waals surface area (Å²) in [6.45, 7) is 2.38. The smallest absolute Gasteiger partial charge is 0.317 e. The molecule has 162 valence electrons. The van der Waals surface area contributed by atoms with Crippen LogP contribution < -0.4 is 15.5 Å². The van der Waals surface area contributed by atoms with Crippen molar-refractivity contribution < 1.29 is 14.5 Å². The average molecular weight is 423 g/mol. The van der Waals surface area contributed by atoms with Crippen LogP contribution in [-0.4, -0.2) is 47.9 Å². The van der Waals surface area contributed by atoms with E-state index in [-0.39, 0.29) is 28.5 Å². The topological polar surface area (TPSA) is 108 Å². The van der Waals surface area contributed by atoms with Gasteiger partial charge in [-0.15, -0.1) is 0 Å². The van der Waals surface area contributed by atoms with E-state index in [1.807, 2.05) is 29.2 Å². The second kappa shape index (κ2) is 9.03. The maximum Gasteiger partial charge on any atom is 0.317 e. The van der Waals surface area contributed by atoms with Crippen molar-refractivity contribution in [2.45, 2.75) is 19.4 Å². The highest BCUT2D eigenvalue weighted by atomic mass is 16.6. The predicted molar refractivity (Wildman–Crippen MR) is 117 cm³/mol. The minimum Gasteiger partial charge on any atom is -0.362 e. The van der Waals surface area contributed by atoms with Crippen LogP contribution in [-0.2, 0) is 11.3 Å². The summed E-state index contributed by atoms with van der Waals surface area (Å²) in [6, 6.07) is 14.0. The molecule has 2 aromatic rings. The minimum atomic E-state index is -0.379. The molecule has 1 heterocycles. The molecule has 1 aliphatic carbocycles. The van der Waals surface area contributed by atoms with E-state index < -0.39 is 0 Å². The maximum absolute atomic E-state index is 12.6. The molecule has 1 saturated heterocycles. The van der Waals surface area contributed by atoms with Crippen LogP contribution >= 0.6 is 0 Å². The number of nitrogens with zero attached hydrogens (tertiary/aromatic N) is 3. The van der Waals surface area contributed by atoms with Crippen molar-refractivity contribution in [1.82, 2.24) is 10.2 Å². The first-order chi connectivity index (χ1) is 15.0. The summed E-state index contributed by atoms with van der Waals surface area (Å²) < 4.78 is 0. The van der Waals surface area contributed by atoms with Gasteiger partial charge < -0.3 is 20.4 Å². The van der Waals surface area contributed by atoms with E-state index in [4.69, 9.17) is 0 Å². The van der Waals surface area contributed by atoms with Crippen LogP contribution in [0.1, 0.15) is 18.4 Å². The molecule has 31 heavy (non-hydrogen) atoms. The second-order valence-electron chi connectivity index (χ2n) is 7.84. The van der Waals surface area contributed by atoms with Gasteiger partial charge in [-0.25, -0.2) is 4.79 Å². The fraction of sp³-hybridized carbons (Fsp3) is 0.364. The Morgan fingerprint density at radius 2 is 1.77 bits per heavy atom. The van der Waals surface area contributed by atoms with Gasteiger partial charge in [-0.3, -0.25) is 14.9 Å². The number of carbonyl (C=O) groups excluding carboxylic acids is 2. The van der Waals surface area contributed by atoms with E-state index >= 15 is 0 Å². The van der Waals surface area contributed by atoms with Crippen molar-refractivity contribution in [3.05, 3.63) is 64.2 Å². The van der Waals surface area contributed by atoms with Crippen LogP contribution in [0.5, 0.6) is 0 Å². The zero-order chi connectivity index (χ0) is 21.8. The number of para-hydroxylation sites is 2. The normalized spacial score (nSPS) is 16.0. The maximum atomic E-state index is 12.6. The molecule has 9 nitrogen and oxygen atoms in total. The molecule has 0 spiro atoms. The molecule has 0 atom stereocenters. The number of nitro groups is 1. The monoisotopic (exact) mass is 423 g/mol. The van der Waals surface area contributed by atoms with E-state index in [0.717, 1.165) is 24.1 Å². The van der Waals surface area contributed by atoms with E-state index in [9.17, 15) is 19.7 Å². The summed E-state index contributed by atoms with van der Waals surface area (Å²) in [4.78, 5) is 39.0. The summed E-state index contributed by atoms with van der Waals surface area (Å²) >= 11 is 0. The van der Waals surface area contributed by atoms with Gasteiger partial charge in [-0.1, -0.05) is 24.3 Å². The quantitative estimate of drug-likeness (QED) is 0.549. The summed E-state index contributed by atoms with van der Waals surface area (Å²) in [5, 5.41) is 17.1. The summed E-state index contributed by atoms with van der Waals surface area (Å²) in [5.41, 5.74) is 2.30. The molecule has 2 N–H and O–H groups in total. The number of carbonyl (C=O) groups is 2. The largest absolute Gasteiger partial charge is 0.362 e. The standard InChI is InChI=1S/C22H25N5O4/c28-21(17-8-9-17)24-18-5-3-4-16(14-18)15-23-22(29)26-12-10-25(11-13-26)19-6-1-2-7-20(19)27(30)31/h1-7,14,17H,8-13,15H2,(H,23,29)(H,24,28). The molecule has 0 aromatic heterocycles. The van der Waals surface area contributed by atoms with E-state index in [2.05, 4.69) is 10.6 Å². The highest BCUT2D eigenvalue weighted by molar-refractivity contribution is 5.94. The van der Waals surface area contributed by atoms with Gasteiger partial charge in [0.25, 0.3) is 5.69 Å². The SMILES string of the molecule is O=C(Nc1cccc(CNC(=O)N2CCN(c3ccccc3[N+](=O)[O-])CC2)c1)C1CC1. The third kappa shape index (κ3) is 5.11. The van der Waals surface area contributed by atoms with Crippen LogP contribution in [0.15, 0.2) is 48.5 Å². The summed E-state index contributed by atoms with van der Waals surface area (Å²) in [5.74, 6) is 0.192. The van der Waals surface area contributed by atoms with E-state index in [0.29, 0.717) is 38.4 Å². The van der Waals surface area contributed by atoms with Gasteiger partial charge in [-0.2, -0.15) is 0 Å². The summed E-state index contributed by atoms with van der Waals surface area (Å²) in [7, 11) is 0. The van der Waals surface area contributed by atoms with Gasteiger partial charge in [0, 0.05) is 50.4 Å². The molecule has 1 saturated carbocycles. The van der Waals surface area contributed by atoms with Crippen molar-refractivity contribution in [1.29, 1.82) is 0 Å². The molecule has 4 rings (SSSR count). The number of rotatable bonds is 6. The number of amides is 3. The third-order valence-corrected chi connectivity index (χ3v) is 5.57. The number of hydrogen-bond donors (Lipinski definition) is 2. The fourth-order valence-corrected chi connectivity index (χ4v) is 3.67. The third-order valence-electron chi connectivity index (χ3n) is 5.57. The Bertz CT molecular complexity index is 983. The Morgan fingerprint density at radius 1 is 1.03 bits per heavy atom. The van der Waals surface area contributed by atoms with Crippen LogP contribution in [0, 0.1) is 16.0 Å². The number of nitrogens with one attached hydrogen (secondary N) is 2. The molecule has 2 aromatic carbocycles. The predicted octanol–water partition coefficient (Wildman–Crippen LogP) is 2.98. The van der Waals surface area contributed by atoms with Crippen molar-refractivity contribution in [2.75, 3.05) is 36.4 Å². The molecular formula is C22H25N5O4. The molecule has 1 aliphatic heterocycles. The number of benzene rings is 2. The zero-order valence-electron chi connectivity index (χ0n) is 17.1. The van der Waals surface area contributed by atoms with Gasteiger partial charge in [0.2, 0.25) is 5.91 Å². The van der Waals surface area contributed by atoms with Gasteiger partial charge >= 0.3 is 6.03 Å². The Hall–Kier alpha value is -3.62. The number of hydrogen-bond acceptors (Lipinski definition) is 5. The van der Waals surface area contributed by atoms with Crippen molar-refractivity contribution in [3.8, 4) is 0 Å². The zero-order valence-corrected chi connectivity index (χ0v) is 17.1. The number of anilines is 2. The van der Waals surface area contributed by atoms with Gasteiger partial charge in [0.05, 0.1) is 4.92 Å². The molecule has 0 radical (unpaired) electrons. The first-order valence-corrected chi connectivity index (χ1v) is 10.4. The average Bonchev–Trinajstić information content (AvgIpc) is 3.63. The Labute approximate surface area is 180 Å². The lowest BCUT2D eigenvalue weighted by Crippen LogP contribution is -2.51. The molecule has 2 aliphatic rings. The van der Waals surface area contributed by atoms with E-state index in [1.54, 1.807) is 23.1 Å². The second-order valence-corrected chi connectivity index (χ2v) is 7.84. The molecule has 9 heteroatoms. The minimum absolute atomic E-state index is 0.0534. The number of piperazine rings is 1. The lowest BCUT2D eigenvalue weighted by atomic mass is 10.2.